The van der Waals surface area contributed by atoms with Gasteiger partial charge < -0.3 is 16.0 Å². The van der Waals surface area contributed by atoms with Crippen LogP contribution in [0.15, 0.2) is 18.2 Å². The minimum atomic E-state index is -0.397. The van der Waals surface area contributed by atoms with Crippen LogP contribution in [-0.2, 0) is 0 Å². The summed E-state index contributed by atoms with van der Waals surface area (Å²) in [7, 11) is 0. The Labute approximate surface area is 110 Å². The van der Waals surface area contributed by atoms with Gasteiger partial charge in [0.1, 0.15) is 5.82 Å². The number of carbonyl (C=O) groups excluding carboxylic acids is 1. The maximum absolute atomic E-state index is 13.6. The van der Waals surface area contributed by atoms with Crippen LogP contribution in [0.25, 0.3) is 0 Å². The number of primary amides is 1. The second-order valence-electron chi connectivity index (χ2n) is 4.37. The summed E-state index contributed by atoms with van der Waals surface area (Å²) in [4.78, 5) is 12.6. The van der Waals surface area contributed by atoms with E-state index in [1.165, 1.54) is 6.07 Å². The van der Waals surface area contributed by atoms with E-state index < -0.39 is 6.03 Å². The van der Waals surface area contributed by atoms with E-state index in [-0.39, 0.29) is 11.9 Å². The van der Waals surface area contributed by atoms with Crippen LogP contribution in [-0.4, -0.2) is 30.1 Å². The zero-order chi connectivity index (χ0) is 13.1. The average molecular weight is 272 g/mol. The van der Waals surface area contributed by atoms with Crippen LogP contribution in [0.3, 0.4) is 0 Å². The lowest BCUT2D eigenvalue weighted by molar-refractivity contribution is 0.193. The number of likely N-dealkylation sites (tertiary alicyclic amines) is 1. The molecule has 1 saturated heterocycles. The van der Waals surface area contributed by atoms with Gasteiger partial charge in [0.15, 0.2) is 0 Å². The topological polar surface area (TPSA) is 58.4 Å². The second kappa shape index (κ2) is 5.44. The summed E-state index contributed by atoms with van der Waals surface area (Å²) in [6.07, 6.45) is 1.51. The molecule has 2 rings (SSSR count). The lowest BCUT2D eigenvalue weighted by Crippen LogP contribution is -2.44. The first-order valence-electron chi connectivity index (χ1n) is 5.82. The highest BCUT2D eigenvalue weighted by Crippen LogP contribution is 2.22. The molecule has 1 aromatic carbocycles. The van der Waals surface area contributed by atoms with Crippen molar-refractivity contribution in [3.63, 3.8) is 0 Å². The Morgan fingerprint density at radius 3 is 2.67 bits per heavy atom. The van der Waals surface area contributed by atoms with Crippen LogP contribution in [0.2, 0.25) is 5.02 Å². The van der Waals surface area contributed by atoms with Crippen molar-refractivity contribution < 1.29 is 9.18 Å². The quantitative estimate of drug-likeness (QED) is 0.868. The molecule has 1 aliphatic rings. The molecule has 1 aliphatic heterocycles. The fraction of sp³-hybridized carbons (Fsp3) is 0.417. The number of hydrogen-bond acceptors (Lipinski definition) is 2. The first-order chi connectivity index (χ1) is 8.56. The van der Waals surface area contributed by atoms with Crippen molar-refractivity contribution in [3.8, 4) is 0 Å². The van der Waals surface area contributed by atoms with E-state index in [1.807, 2.05) is 0 Å². The minimum Gasteiger partial charge on any atom is -0.380 e. The molecule has 0 radical (unpaired) electrons. The highest BCUT2D eigenvalue weighted by molar-refractivity contribution is 6.30. The van der Waals surface area contributed by atoms with Gasteiger partial charge in [0.25, 0.3) is 0 Å². The Bertz CT molecular complexity index is 447. The largest absolute Gasteiger partial charge is 0.380 e. The van der Waals surface area contributed by atoms with Crippen molar-refractivity contribution in [2.75, 3.05) is 18.4 Å². The van der Waals surface area contributed by atoms with E-state index >= 15 is 0 Å². The van der Waals surface area contributed by atoms with E-state index in [4.69, 9.17) is 17.3 Å². The molecule has 0 atom stereocenters. The van der Waals surface area contributed by atoms with E-state index in [2.05, 4.69) is 5.32 Å². The number of rotatable bonds is 2. The second-order valence-corrected chi connectivity index (χ2v) is 4.80. The molecule has 1 heterocycles. The lowest BCUT2D eigenvalue weighted by Gasteiger charge is -2.31. The number of nitrogens with zero attached hydrogens (tertiary/aromatic N) is 1. The van der Waals surface area contributed by atoms with Gasteiger partial charge in [-0.15, -0.1) is 0 Å². The van der Waals surface area contributed by atoms with Crippen molar-refractivity contribution in [2.24, 2.45) is 5.73 Å². The molecule has 0 unspecified atom stereocenters. The molecule has 0 saturated carbocycles. The zero-order valence-corrected chi connectivity index (χ0v) is 10.6. The van der Waals surface area contributed by atoms with E-state index in [9.17, 15) is 9.18 Å². The van der Waals surface area contributed by atoms with Crippen LogP contribution in [0.4, 0.5) is 14.9 Å². The molecule has 1 aromatic rings. The molecule has 2 amide bonds. The number of anilines is 1. The summed E-state index contributed by atoms with van der Waals surface area (Å²) in [5, 5.41) is 3.50. The first kappa shape index (κ1) is 13.0. The minimum absolute atomic E-state index is 0.149. The van der Waals surface area contributed by atoms with Crippen LogP contribution in [0, 0.1) is 5.82 Å². The monoisotopic (exact) mass is 271 g/mol. The standard InChI is InChI=1S/C12H15ClFN3O/c13-8-1-2-11(10(14)7-8)16-9-3-5-17(6-4-9)12(15)18/h1-2,7,9,16H,3-6H2,(H2,15,18). The van der Waals surface area contributed by atoms with E-state index in [0.717, 1.165) is 12.8 Å². The van der Waals surface area contributed by atoms with Crippen molar-refractivity contribution in [1.29, 1.82) is 0 Å². The molecule has 6 heteroatoms. The van der Waals surface area contributed by atoms with Gasteiger partial charge in [0, 0.05) is 24.2 Å². The SMILES string of the molecule is NC(=O)N1CCC(Nc2ccc(Cl)cc2F)CC1. The third-order valence-electron chi connectivity index (χ3n) is 3.10. The fourth-order valence-electron chi connectivity index (χ4n) is 2.07. The molecule has 4 nitrogen and oxygen atoms in total. The number of benzene rings is 1. The first-order valence-corrected chi connectivity index (χ1v) is 6.20. The van der Waals surface area contributed by atoms with Crippen molar-refractivity contribution in [3.05, 3.63) is 29.0 Å². The predicted molar refractivity (Wildman–Crippen MR) is 69.2 cm³/mol. The summed E-state index contributed by atoms with van der Waals surface area (Å²) in [5.74, 6) is -0.361. The van der Waals surface area contributed by atoms with E-state index in [0.29, 0.717) is 23.8 Å². The molecule has 98 valence electrons. The van der Waals surface area contributed by atoms with Crippen LogP contribution in [0.5, 0.6) is 0 Å². The molecule has 0 spiro atoms. The molecular weight excluding hydrogens is 257 g/mol. The average Bonchev–Trinajstić information content (AvgIpc) is 2.33. The van der Waals surface area contributed by atoms with Gasteiger partial charge in [-0.2, -0.15) is 0 Å². The molecule has 0 aliphatic carbocycles. The summed E-state index contributed by atoms with van der Waals surface area (Å²) in [5.41, 5.74) is 5.64. The smallest absolute Gasteiger partial charge is 0.314 e. The third kappa shape index (κ3) is 3.04. The number of carbonyl (C=O) groups is 1. The number of nitrogens with one attached hydrogen (secondary N) is 1. The fourth-order valence-corrected chi connectivity index (χ4v) is 2.23. The molecule has 0 bridgehead atoms. The number of hydrogen-bond donors (Lipinski definition) is 2. The molecular formula is C12H15ClFN3O. The summed E-state index contributed by atoms with van der Waals surface area (Å²) in [6.45, 7) is 1.20. The van der Waals surface area contributed by atoms with Crippen molar-refractivity contribution in [1.82, 2.24) is 4.90 Å². The van der Waals surface area contributed by atoms with Gasteiger partial charge >= 0.3 is 6.03 Å². The van der Waals surface area contributed by atoms with Gasteiger partial charge in [0.05, 0.1) is 5.69 Å². The van der Waals surface area contributed by atoms with Gasteiger partial charge in [-0.25, -0.2) is 9.18 Å². The Morgan fingerprint density at radius 1 is 1.44 bits per heavy atom. The highest BCUT2D eigenvalue weighted by atomic mass is 35.5. The number of nitrogens with two attached hydrogens (primary N) is 1. The normalized spacial score (nSPS) is 16.7. The Hall–Kier alpha value is -1.49. The van der Waals surface area contributed by atoms with Crippen molar-refractivity contribution >= 4 is 23.3 Å². The molecule has 1 fully saturated rings. The summed E-state index contributed by atoms with van der Waals surface area (Å²) < 4.78 is 13.6. The summed E-state index contributed by atoms with van der Waals surface area (Å²) in [6, 6.07) is 4.30. The number of halogens is 2. The zero-order valence-electron chi connectivity index (χ0n) is 9.83. The predicted octanol–water partition coefficient (Wildman–Crippen LogP) is 2.43. The maximum Gasteiger partial charge on any atom is 0.314 e. The maximum atomic E-state index is 13.6. The lowest BCUT2D eigenvalue weighted by atomic mass is 10.0. The number of amides is 2. The summed E-state index contributed by atoms with van der Waals surface area (Å²) >= 11 is 5.69. The molecule has 18 heavy (non-hydrogen) atoms. The third-order valence-corrected chi connectivity index (χ3v) is 3.33. The van der Waals surface area contributed by atoms with E-state index in [1.54, 1.807) is 17.0 Å². The van der Waals surface area contributed by atoms with Gasteiger partial charge in [-0.3, -0.25) is 0 Å². The number of urea groups is 1. The van der Waals surface area contributed by atoms with Crippen LogP contribution >= 0.6 is 11.6 Å². The number of piperidine rings is 1. The molecule has 3 N–H and O–H groups in total. The Morgan fingerprint density at radius 2 is 2.11 bits per heavy atom. The Balaban J connectivity index is 1.93. The van der Waals surface area contributed by atoms with Crippen molar-refractivity contribution in [2.45, 2.75) is 18.9 Å². The molecule has 0 aromatic heterocycles. The van der Waals surface area contributed by atoms with Crippen LogP contribution < -0.4 is 11.1 Å². The van der Waals surface area contributed by atoms with Crippen LogP contribution in [0.1, 0.15) is 12.8 Å². The highest BCUT2D eigenvalue weighted by Gasteiger charge is 2.21. The van der Waals surface area contributed by atoms with Gasteiger partial charge in [0.2, 0.25) is 0 Å². The Kier molecular flexibility index (Phi) is 3.91. The van der Waals surface area contributed by atoms with Gasteiger partial charge in [-0.1, -0.05) is 11.6 Å². The van der Waals surface area contributed by atoms with Gasteiger partial charge in [-0.05, 0) is 31.0 Å².